The summed E-state index contributed by atoms with van der Waals surface area (Å²) in [5.74, 6) is -0.673. The van der Waals surface area contributed by atoms with Gasteiger partial charge in [0.1, 0.15) is 0 Å². The molecule has 0 heterocycles. The molecule has 0 amide bonds. The summed E-state index contributed by atoms with van der Waals surface area (Å²) in [5, 5.41) is 9.88. The van der Waals surface area contributed by atoms with Crippen molar-refractivity contribution in [1.29, 1.82) is 0 Å². The third-order valence-electron chi connectivity index (χ3n) is 5.79. The zero-order chi connectivity index (χ0) is 17.9. The van der Waals surface area contributed by atoms with Crippen LogP contribution in [0.1, 0.15) is 50.3 Å². The molecule has 0 spiro atoms. The molecule has 0 bridgehead atoms. The molecule has 0 aliphatic heterocycles. The van der Waals surface area contributed by atoms with Crippen molar-refractivity contribution in [1.82, 2.24) is 4.90 Å². The number of carboxylic acid groups (broad SMARTS) is 1. The van der Waals surface area contributed by atoms with Gasteiger partial charge in [-0.3, -0.25) is 9.69 Å². The number of benzene rings is 2. The molecule has 1 saturated carbocycles. The van der Waals surface area contributed by atoms with Gasteiger partial charge in [0.2, 0.25) is 0 Å². The van der Waals surface area contributed by atoms with Crippen molar-refractivity contribution in [2.75, 3.05) is 0 Å². The van der Waals surface area contributed by atoms with E-state index in [1.165, 1.54) is 11.1 Å². The fraction of sp³-hybridized carbons (Fsp3) is 0.409. The van der Waals surface area contributed by atoms with Crippen LogP contribution in [0.25, 0.3) is 0 Å². The summed E-state index contributed by atoms with van der Waals surface area (Å²) in [4.78, 5) is 14.4. The first-order valence-electron chi connectivity index (χ1n) is 9.10. The molecule has 1 N–H and O–H groups in total. The van der Waals surface area contributed by atoms with Crippen molar-refractivity contribution in [3.8, 4) is 0 Å². The number of carbonyl (C=O) groups is 1. The van der Waals surface area contributed by atoms with Crippen molar-refractivity contribution in [3.05, 3.63) is 71.8 Å². The quantitative estimate of drug-likeness (QED) is 0.815. The zero-order valence-corrected chi connectivity index (χ0v) is 15.1. The van der Waals surface area contributed by atoms with Crippen LogP contribution in [0, 0.1) is 5.41 Å². The van der Waals surface area contributed by atoms with Gasteiger partial charge in [-0.2, -0.15) is 0 Å². The molecule has 3 nitrogen and oxygen atoms in total. The maximum Gasteiger partial charge on any atom is 0.310 e. The fourth-order valence-electron chi connectivity index (χ4n) is 4.16. The van der Waals surface area contributed by atoms with E-state index < -0.39 is 11.4 Å². The standard InChI is InChI=1S/C22H27NO2/c1-17(19-12-7-4-8-13-19)23(16-18-10-5-3-6-11-18)20-14-9-15-22(20,2)21(24)25/h3-8,10-13,17,20H,9,14-16H2,1-2H3,(H,24,25)/t17-,20-,22+/m1/s1. The average Bonchev–Trinajstić information content (AvgIpc) is 3.04. The van der Waals surface area contributed by atoms with E-state index in [9.17, 15) is 9.90 Å². The first-order valence-corrected chi connectivity index (χ1v) is 9.10. The van der Waals surface area contributed by atoms with Gasteiger partial charge in [0.15, 0.2) is 0 Å². The molecular weight excluding hydrogens is 310 g/mol. The Balaban J connectivity index is 1.95. The monoisotopic (exact) mass is 337 g/mol. The van der Waals surface area contributed by atoms with Crippen LogP contribution in [0.5, 0.6) is 0 Å². The molecule has 0 unspecified atom stereocenters. The second-order valence-electron chi connectivity index (χ2n) is 7.38. The Morgan fingerprint density at radius 1 is 1.16 bits per heavy atom. The predicted octanol–water partition coefficient (Wildman–Crippen LogP) is 4.89. The molecule has 1 aliphatic rings. The summed E-state index contributed by atoms with van der Waals surface area (Å²) >= 11 is 0. The molecule has 2 aromatic rings. The molecule has 132 valence electrons. The third-order valence-corrected chi connectivity index (χ3v) is 5.79. The van der Waals surface area contributed by atoms with Crippen molar-refractivity contribution in [3.63, 3.8) is 0 Å². The number of rotatable bonds is 6. The van der Waals surface area contributed by atoms with Gasteiger partial charge in [-0.25, -0.2) is 0 Å². The first kappa shape index (κ1) is 17.7. The van der Waals surface area contributed by atoms with Crippen LogP contribution in [0.4, 0.5) is 0 Å². The molecule has 2 aromatic carbocycles. The number of hydrogen-bond acceptors (Lipinski definition) is 2. The smallest absolute Gasteiger partial charge is 0.310 e. The Hall–Kier alpha value is -2.13. The maximum absolute atomic E-state index is 12.0. The summed E-state index contributed by atoms with van der Waals surface area (Å²) in [6.45, 7) is 4.88. The second-order valence-corrected chi connectivity index (χ2v) is 7.38. The van der Waals surface area contributed by atoms with Crippen molar-refractivity contribution in [2.24, 2.45) is 5.41 Å². The largest absolute Gasteiger partial charge is 0.481 e. The second kappa shape index (κ2) is 7.40. The fourth-order valence-corrected chi connectivity index (χ4v) is 4.16. The minimum atomic E-state index is -0.683. The lowest BCUT2D eigenvalue weighted by Crippen LogP contribution is -2.47. The van der Waals surface area contributed by atoms with Crippen molar-refractivity contribution < 1.29 is 9.90 Å². The van der Waals surface area contributed by atoms with Crippen LogP contribution in [0.3, 0.4) is 0 Å². The molecule has 0 aromatic heterocycles. The first-order chi connectivity index (χ1) is 12.0. The molecule has 1 aliphatic carbocycles. The average molecular weight is 337 g/mol. The van der Waals surface area contributed by atoms with Gasteiger partial charge in [0.25, 0.3) is 0 Å². The Morgan fingerprint density at radius 2 is 1.76 bits per heavy atom. The molecule has 0 saturated heterocycles. The van der Waals surface area contributed by atoms with E-state index in [0.29, 0.717) is 0 Å². The topological polar surface area (TPSA) is 40.5 Å². The van der Waals surface area contributed by atoms with Gasteiger partial charge in [-0.1, -0.05) is 67.1 Å². The lowest BCUT2D eigenvalue weighted by Gasteiger charge is -2.41. The minimum absolute atomic E-state index is 0.0420. The van der Waals surface area contributed by atoms with Gasteiger partial charge in [-0.15, -0.1) is 0 Å². The summed E-state index contributed by atoms with van der Waals surface area (Å²) in [6.07, 6.45) is 2.66. The Morgan fingerprint density at radius 3 is 2.36 bits per heavy atom. The zero-order valence-electron chi connectivity index (χ0n) is 15.1. The molecule has 0 radical (unpaired) electrons. The van der Waals surface area contributed by atoms with Crippen LogP contribution < -0.4 is 0 Å². The van der Waals surface area contributed by atoms with Crippen LogP contribution in [0.2, 0.25) is 0 Å². The van der Waals surface area contributed by atoms with E-state index in [-0.39, 0.29) is 12.1 Å². The normalized spacial score (nSPS) is 24.4. The Labute approximate surface area is 150 Å². The highest BCUT2D eigenvalue weighted by atomic mass is 16.4. The van der Waals surface area contributed by atoms with Crippen LogP contribution in [-0.2, 0) is 11.3 Å². The lowest BCUT2D eigenvalue weighted by atomic mass is 9.82. The highest BCUT2D eigenvalue weighted by Gasteiger charge is 2.48. The molecule has 3 atom stereocenters. The predicted molar refractivity (Wildman–Crippen MR) is 100 cm³/mol. The molecular formula is C22H27NO2. The van der Waals surface area contributed by atoms with E-state index in [1.54, 1.807) is 0 Å². The van der Waals surface area contributed by atoms with Gasteiger partial charge < -0.3 is 5.11 Å². The molecule has 1 fully saturated rings. The van der Waals surface area contributed by atoms with E-state index in [4.69, 9.17) is 0 Å². The van der Waals surface area contributed by atoms with E-state index in [0.717, 1.165) is 25.8 Å². The van der Waals surface area contributed by atoms with Gasteiger partial charge >= 0.3 is 5.97 Å². The van der Waals surface area contributed by atoms with Crippen molar-refractivity contribution in [2.45, 2.75) is 51.7 Å². The Kier molecular flexibility index (Phi) is 5.24. The summed E-state index contributed by atoms with van der Waals surface area (Å²) in [6, 6.07) is 21.0. The number of carboxylic acids is 1. The highest BCUT2D eigenvalue weighted by Crippen LogP contribution is 2.44. The van der Waals surface area contributed by atoms with E-state index in [1.807, 2.05) is 31.2 Å². The van der Waals surface area contributed by atoms with Gasteiger partial charge in [-0.05, 0) is 37.8 Å². The third kappa shape index (κ3) is 3.62. The Bertz CT molecular complexity index is 700. The van der Waals surface area contributed by atoms with Crippen LogP contribution in [-0.4, -0.2) is 22.0 Å². The van der Waals surface area contributed by atoms with E-state index in [2.05, 4.69) is 48.2 Å². The maximum atomic E-state index is 12.0. The van der Waals surface area contributed by atoms with E-state index >= 15 is 0 Å². The van der Waals surface area contributed by atoms with Gasteiger partial charge in [0.05, 0.1) is 5.41 Å². The molecule has 3 heteroatoms. The summed E-state index contributed by atoms with van der Waals surface area (Å²) < 4.78 is 0. The highest BCUT2D eigenvalue weighted by molar-refractivity contribution is 5.75. The number of nitrogens with zero attached hydrogens (tertiary/aromatic N) is 1. The van der Waals surface area contributed by atoms with Crippen LogP contribution in [0.15, 0.2) is 60.7 Å². The van der Waals surface area contributed by atoms with Crippen LogP contribution >= 0.6 is 0 Å². The molecule has 3 rings (SSSR count). The minimum Gasteiger partial charge on any atom is -0.481 e. The SMILES string of the molecule is C[C@H](c1ccccc1)N(Cc1ccccc1)[C@@H]1CCC[C@]1(C)C(=O)O. The lowest BCUT2D eigenvalue weighted by molar-refractivity contribution is -0.151. The molecule has 25 heavy (non-hydrogen) atoms. The number of hydrogen-bond donors (Lipinski definition) is 1. The number of aliphatic carboxylic acids is 1. The summed E-state index contributed by atoms with van der Waals surface area (Å²) in [7, 11) is 0. The van der Waals surface area contributed by atoms with Crippen molar-refractivity contribution >= 4 is 5.97 Å². The van der Waals surface area contributed by atoms with Gasteiger partial charge in [0, 0.05) is 18.6 Å². The summed E-state index contributed by atoms with van der Waals surface area (Å²) in [5.41, 5.74) is 1.78.